The van der Waals surface area contributed by atoms with Crippen molar-refractivity contribution in [2.45, 2.75) is 44.4 Å². The van der Waals surface area contributed by atoms with Crippen molar-refractivity contribution >= 4 is 0 Å². The van der Waals surface area contributed by atoms with Crippen LogP contribution in [0.25, 0.3) is 0 Å². The van der Waals surface area contributed by atoms with Crippen LogP contribution in [0.5, 0.6) is 0 Å². The first-order chi connectivity index (χ1) is 7.42. The molecular weight excluding hydrogens is 182 g/mol. The quantitative estimate of drug-likeness (QED) is 0.726. The van der Waals surface area contributed by atoms with Crippen LogP contribution in [0.1, 0.15) is 49.1 Å². The van der Waals surface area contributed by atoms with Gasteiger partial charge in [-0.1, -0.05) is 37.1 Å². The van der Waals surface area contributed by atoms with E-state index < -0.39 is 0 Å². The molecule has 1 heteroatoms. The summed E-state index contributed by atoms with van der Waals surface area (Å²) in [5, 5.41) is 8.63. The predicted octanol–water partition coefficient (Wildman–Crippen LogP) is 3.80. The Balaban J connectivity index is 2.17. The van der Waals surface area contributed by atoms with Crippen molar-refractivity contribution in [2.75, 3.05) is 0 Å². The minimum atomic E-state index is 0.643. The van der Waals surface area contributed by atoms with E-state index in [1.165, 1.54) is 36.8 Å². The highest BCUT2D eigenvalue weighted by atomic mass is 14.3. The Labute approximate surface area is 91.7 Å². The van der Waals surface area contributed by atoms with Gasteiger partial charge in [-0.15, -0.1) is 0 Å². The van der Waals surface area contributed by atoms with Crippen LogP contribution in [0, 0.1) is 11.3 Å². The van der Waals surface area contributed by atoms with Gasteiger partial charge in [-0.05, 0) is 36.3 Å². The second-order valence-corrected chi connectivity index (χ2v) is 4.34. The lowest BCUT2D eigenvalue weighted by Gasteiger charge is -2.14. The summed E-state index contributed by atoms with van der Waals surface area (Å²) < 4.78 is 0. The van der Waals surface area contributed by atoms with E-state index >= 15 is 0 Å². The summed E-state index contributed by atoms with van der Waals surface area (Å²) in [5.74, 6) is 0.764. The SMILES string of the molecule is N#CCCc1ccccc1C1CCCC1. The van der Waals surface area contributed by atoms with Crippen molar-refractivity contribution in [1.29, 1.82) is 5.26 Å². The van der Waals surface area contributed by atoms with Crippen LogP contribution >= 0.6 is 0 Å². The molecule has 0 heterocycles. The Morgan fingerprint density at radius 1 is 1.20 bits per heavy atom. The zero-order valence-corrected chi connectivity index (χ0v) is 9.08. The summed E-state index contributed by atoms with van der Waals surface area (Å²) >= 11 is 0. The lowest BCUT2D eigenvalue weighted by Crippen LogP contribution is -1.98. The fourth-order valence-corrected chi connectivity index (χ4v) is 2.59. The van der Waals surface area contributed by atoms with E-state index in [0.717, 1.165) is 12.3 Å². The summed E-state index contributed by atoms with van der Waals surface area (Å²) in [6.45, 7) is 0. The molecule has 0 radical (unpaired) electrons. The Hall–Kier alpha value is -1.29. The highest BCUT2D eigenvalue weighted by molar-refractivity contribution is 5.31. The maximum absolute atomic E-state index is 8.63. The molecule has 0 aliphatic heterocycles. The molecule has 1 fully saturated rings. The minimum absolute atomic E-state index is 0.643. The highest BCUT2D eigenvalue weighted by Crippen LogP contribution is 2.35. The first-order valence-corrected chi connectivity index (χ1v) is 5.86. The number of benzene rings is 1. The second-order valence-electron chi connectivity index (χ2n) is 4.34. The molecule has 1 aromatic rings. The van der Waals surface area contributed by atoms with Crippen molar-refractivity contribution < 1.29 is 0 Å². The molecule has 1 aliphatic rings. The minimum Gasteiger partial charge on any atom is -0.198 e. The average Bonchev–Trinajstić information content (AvgIpc) is 2.80. The molecule has 0 bridgehead atoms. The van der Waals surface area contributed by atoms with E-state index in [2.05, 4.69) is 30.3 Å². The van der Waals surface area contributed by atoms with Crippen LogP contribution < -0.4 is 0 Å². The van der Waals surface area contributed by atoms with Gasteiger partial charge in [-0.2, -0.15) is 5.26 Å². The van der Waals surface area contributed by atoms with E-state index in [1.807, 2.05) is 0 Å². The van der Waals surface area contributed by atoms with Crippen LogP contribution in [0.2, 0.25) is 0 Å². The van der Waals surface area contributed by atoms with Gasteiger partial charge in [0.1, 0.15) is 0 Å². The summed E-state index contributed by atoms with van der Waals surface area (Å²) in [6.07, 6.45) is 6.98. The first kappa shape index (κ1) is 10.2. The molecule has 0 saturated heterocycles. The number of nitrogens with zero attached hydrogens (tertiary/aromatic N) is 1. The van der Waals surface area contributed by atoms with Crippen molar-refractivity contribution in [3.8, 4) is 6.07 Å². The Morgan fingerprint density at radius 3 is 2.67 bits per heavy atom. The first-order valence-electron chi connectivity index (χ1n) is 5.86. The fraction of sp³-hybridized carbons (Fsp3) is 0.500. The number of nitriles is 1. The molecule has 1 saturated carbocycles. The van der Waals surface area contributed by atoms with Crippen molar-refractivity contribution in [3.63, 3.8) is 0 Å². The molecule has 1 aliphatic carbocycles. The van der Waals surface area contributed by atoms with Crippen LogP contribution in [0.15, 0.2) is 24.3 Å². The van der Waals surface area contributed by atoms with Gasteiger partial charge < -0.3 is 0 Å². The Kier molecular flexibility index (Phi) is 3.40. The third-order valence-corrected chi connectivity index (χ3v) is 3.36. The largest absolute Gasteiger partial charge is 0.198 e. The monoisotopic (exact) mass is 199 g/mol. The van der Waals surface area contributed by atoms with Crippen molar-refractivity contribution in [2.24, 2.45) is 0 Å². The van der Waals surface area contributed by atoms with Gasteiger partial charge in [0.15, 0.2) is 0 Å². The molecule has 1 nitrogen and oxygen atoms in total. The Morgan fingerprint density at radius 2 is 1.93 bits per heavy atom. The van der Waals surface area contributed by atoms with Gasteiger partial charge >= 0.3 is 0 Å². The van der Waals surface area contributed by atoms with Crippen LogP contribution in [0.3, 0.4) is 0 Å². The molecule has 0 aromatic heterocycles. The molecule has 0 amide bonds. The van der Waals surface area contributed by atoms with Crippen LogP contribution in [-0.2, 0) is 6.42 Å². The lowest BCUT2D eigenvalue weighted by atomic mass is 9.91. The van der Waals surface area contributed by atoms with Crippen LogP contribution in [-0.4, -0.2) is 0 Å². The number of hydrogen-bond acceptors (Lipinski definition) is 1. The van der Waals surface area contributed by atoms with Gasteiger partial charge in [0.05, 0.1) is 6.07 Å². The van der Waals surface area contributed by atoms with Crippen molar-refractivity contribution in [3.05, 3.63) is 35.4 Å². The van der Waals surface area contributed by atoms with E-state index in [1.54, 1.807) is 0 Å². The molecular formula is C14H17N. The van der Waals surface area contributed by atoms with Gasteiger partial charge in [-0.25, -0.2) is 0 Å². The van der Waals surface area contributed by atoms with Gasteiger partial charge in [0.25, 0.3) is 0 Å². The molecule has 15 heavy (non-hydrogen) atoms. The molecule has 2 rings (SSSR count). The zero-order valence-electron chi connectivity index (χ0n) is 9.08. The summed E-state index contributed by atoms with van der Waals surface area (Å²) in [7, 11) is 0. The summed E-state index contributed by atoms with van der Waals surface area (Å²) in [4.78, 5) is 0. The van der Waals surface area contributed by atoms with Crippen molar-refractivity contribution in [1.82, 2.24) is 0 Å². The maximum Gasteiger partial charge on any atom is 0.0625 e. The Bertz CT molecular complexity index is 356. The lowest BCUT2D eigenvalue weighted by molar-refractivity contribution is 0.711. The number of hydrogen-bond donors (Lipinski definition) is 0. The molecule has 0 N–H and O–H groups in total. The molecule has 0 spiro atoms. The van der Waals surface area contributed by atoms with E-state index in [0.29, 0.717) is 6.42 Å². The molecule has 0 atom stereocenters. The summed E-state index contributed by atoms with van der Waals surface area (Å²) in [6, 6.07) is 10.9. The topological polar surface area (TPSA) is 23.8 Å². The van der Waals surface area contributed by atoms with Crippen LogP contribution in [0.4, 0.5) is 0 Å². The van der Waals surface area contributed by atoms with E-state index in [4.69, 9.17) is 5.26 Å². The van der Waals surface area contributed by atoms with Gasteiger partial charge in [0.2, 0.25) is 0 Å². The second kappa shape index (κ2) is 4.98. The number of rotatable bonds is 3. The van der Waals surface area contributed by atoms with E-state index in [-0.39, 0.29) is 0 Å². The average molecular weight is 199 g/mol. The van der Waals surface area contributed by atoms with E-state index in [9.17, 15) is 0 Å². The third kappa shape index (κ3) is 2.39. The smallest absolute Gasteiger partial charge is 0.0625 e. The predicted molar refractivity (Wildman–Crippen MR) is 61.6 cm³/mol. The van der Waals surface area contributed by atoms with Gasteiger partial charge in [-0.3, -0.25) is 0 Å². The molecule has 78 valence electrons. The van der Waals surface area contributed by atoms with Gasteiger partial charge in [0, 0.05) is 6.42 Å². The maximum atomic E-state index is 8.63. The number of aryl methyl sites for hydroxylation is 1. The normalized spacial score (nSPS) is 16.5. The summed E-state index contributed by atoms with van der Waals surface area (Å²) in [5.41, 5.74) is 2.90. The third-order valence-electron chi connectivity index (χ3n) is 3.36. The molecule has 1 aromatic carbocycles. The molecule has 0 unspecified atom stereocenters. The zero-order chi connectivity index (χ0) is 10.5. The highest BCUT2D eigenvalue weighted by Gasteiger charge is 2.18. The fourth-order valence-electron chi connectivity index (χ4n) is 2.59. The standard InChI is InChI=1S/C14H17N/c15-11-5-9-13-8-3-4-10-14(13)12-6-1-2-7-12/h3-4,8,10,12H,1-2,5-7,9H2.